The lowest BCUT2D eigenvalue weighted by atomic mass is 10.1. The molecule has 1 aliphatic heterocycles. The average molecular weight is 389 g/mol. The number of rotatable bonds is 5. The minimum atomic E-state index is 0.0622. The van der Waals surface area contributed by atoms with Crippen LogP contribution in [-0.2, 0) is 31.4 Å². The molecule has 0 unspecified atom stereocenters. The summed E-state index contributed by atoms with van der Waals surface area (Å²) in [6.45, 7) is 3.36. The fraction of sp³-hybridized carbons (Fsp3) is 0.333. The molecule has 0 atom stereocenters. The van der Waals surface area contributed by atoms with Crippen molar-refractivity contribution in [1.29, 1.82) is 5.26 Å². The third kappa shape index (κ3) is 3.85. The van der Waals surface area contributed by atoms with Gasteiger partial charge in [0, 0.05) is 55.6 Å². The molecule has 1 N–H and O–H groups in total. The minimum absolute atomic E-state index is 0.0622. The number of benzene rings is 1. The first kappa shape index (κ1) is 18.7. The number of amides is 1. The molecule has 3 heterocycles. The van der Waals surface area contributed by atoms with Crippen molar-refractivity contribution < 1.29 is 4.79 Å². The Balaban J connectivity index is 1.60. The summed E-state index contributed by atoms with van der Waals surface area (Å²) in [6, 6.07) is 10.3. The van der Waals surface area contributed by atoms with Crippen LogP contribution in [0.15, 0.2) is 36.7 Å². The second-order valence-corrected chi connectivity index (χ2v) is 7.20. The predicted molar refractivity (Wildman–Crippen MR) is 109 cm³/mol. The molecule has 8 nitrogen and oxygen atoms in total. The van der Waals surface area contributed by atoms with Gasteiger partial charge in [0.2, 0.25) is 5.91 Å². The van der Waals surface area contributed by atoms with E-state index in [1.807, 2.05) is 53.3 Å². The lowest BCUT2D eigenvalue weighted by Gasteiger charge is -2.26. The number of anilines is 2. The molecular weight excluding hydrogens is 366 g/mol. The van der Waals surface area contributed by atoms with E-state index in [4.69, 9.17) is 10.4 Å². The van der Waals surface area contributed by atoms with Gasteiger partial charge in [-0.05, 0) is 17.7 Å². The topological polar surface area (TPSA) is 91.8 Å². The van der Waals surface area contributed by atoms with Crippen molar-refractivity contribution in [3.8, 4) is 17.2 Å². The van der Waals surface area contributed by atoms with Crippen LogP contribution in [0.3, 0.4) is 0 Å². The van der Waals surface area contributed by atoms with Crippen LogP contribution in [0.4, 0.5) is 11.5 Å². The summed E-state index contributed by atoms with van der Waals surface area (Å²) in [5.41, 5.74) is 5.21. The molecule has 0 spiro atoms. The molecule has 0 bridgehead atoms. The van der Waals surface area contributed by atoms with Gasteiger partial charge in [0.05, 0.1) is 31.8 Å². The fourth-order valence-electron chi connectivity index (χ4n) is 3.65. The van der Waals surface area contributed by atoms with Crippen molar-refractivity contribution in [3.63, 3.8) is 0 Å². The quantitative estimate of drug-likeness (QED) is 0.724. The Kier molecular flexibility index (Phi) is 5.04. The first-order chi connectivity index (χ1) is 14.0. The van der Waals surface area contributed by atoms with E-state index in [1.54, 1.807) is 11.6 Å². The van der Waals surface area contributed by atoms with Gasteiger partial charge >= 0.3 is 0 Å². The van der Waals surface area contributed by atoms with Gasteiger partial charge in [-0.2, -0.15) is 15.5 Å². The molecule has 29 heavy (non-hydrogen) atoms. The standard InChI is InChI=1S/C21H23N7O/c1-15(29)27-11-8-20-19(14-27)21(25-28(20)10-3-9-22)24-18-6-4-16(5-7-18)17-12-23-26(2)13-17/h4-7,12-13H,3,8,10-11,14H2,1-2H3,(H,24,25). The molecule has 1 amide bonds. The molecule has 0 radical (unpaired) electrons. The Morgan fingerprint density at radius 3 is 2.72 bits per heavy atom. The molecule has 0 fully saturated rings. The maximum Gasteiger partial charge on any atom is 0.219 e. The van der Waals surface area contributed by atoms with Crippen molar-refractivity contribution in [3.05, 3.63) is 47.9 Å². The normalized spacial score (nSPS) is 13.1. The van der Waals surface area contributed by atoms with Crippen LogP contribution in [0, 0.1) is 11.3 Å². The lowest BCUT2D eigenvalue weighted by molar-refractivity contribution is -0.129. The monoisotopic (exact) mass is 389 g/mol. The highest BCUT2D eigenvalue weighted by molar-refractivity contribution is 5.74. The molecule has 0 aliphatic carbocycles. The largest absolute Gasteiger partial charge is 0.338 e. The summed E-state index contributed by atoms with van der Waals surface area (Å²) in [7, 11) is 1.90. The molecular formula is C21H23N7O. The van der Waals surface area contributed by atoms with Gasteiger partial charge in [0.25, 0.3) is 0 Å². The molecule has 4 rings (SSSR count). The zero-order valence-corrected chi connectivity index (χ0v) is 16.6. The molecule has 1 aromatic carbocycles. The molecule has 0 saturated carbocycles. The first-order valence-corrected chi connectivity index (χ1v) is 9.62. The maximum absolute atomic E-state index is 11.9. The van der Waals surface area contributed by atoms with E-state index >= 15 is 0 Å². The van der Waals surface area contributed by atoms with Gasteiger partial charge in [0.15, 0.2) is 5.82 Å². The van der Waals surface area contributed by atoms with Crippen LogP contribution in [0.2, 0.25) is 0 Å². The van der Waals surface area contributed by atoms with Gasteiger partial charge in [-0.3, -0.25) is 14.2 Å². The summed E-state index contributed by atoms with van der Waals surface area (Å²) < 4.78 is 3.69. The van der Waals surface area contributed by atoms with E-state index in [2.05, 4.69) is 16.5 Å². The summed E-state index contributed by atoms with van der Waals surface area (Å²) in [4.78, 5) is 13.7. The Bertz CT molecular complexity index is 1070. The first-order valence-electron chi connectivity index (χ1n) is 9.62. The van der Waals surface area contributed by atoms with Gasteiger partial charge in [-0.25, -0.2) is 0 Å². The van der Waals surface area contributed by atoms with Crippen molar-refractivity contribution in [2.45, 2.75) is 32.9 Å². The number of nitriles is 1. The number of carbonyl (C=O) groups excluding carboxylic acids is 1. The highest BCUT2D eigenvalue weighted by Crippen LogP contribution is 2.29. The Hall–Kier alpha value is -3.60. The highest BCUT2D eigenvalue weighted by atomic mass is 16.2. The number of nitrogens with one attached hydrogen (secondary N) is 1. The zero-order valence-electron chi connectivity index (χ0n) is 16.6. The summed E-state index contributed by atoms with van der Waals surface area (Å²) >= 11 is 0. The molecule has 8 heteroatoms. The van der Waals surface area contributed by atoms with Crippen LogP contribution in [0.25, 0.3) is 11.1 Å². The van der Waals surface area contributed by atoms with E-state index in [1.165, 1.54) is 0 Å². The molecule has 1 aliphatic rings. The third-order valence-corrected chi connectivity index (χ3v) is 5.20. The second-order valence-electron chi connectivity index (χ2n) is 7.20. The molecule has 3 aromatic rings. The van der Waals surface area contributed by atoms with Gasteiger partial charge in [-0.1, -0.05) is 12.1 Å². The minimum Gasteiger partial charge on any atom is -0.338 e. The van der Waals surface area contributed by atoms with Crippen LogP contribution in [-0.4, -0.2) is 36.9 Å². The van der Waals surface area contributed by atoms with Gasteiger partial charge in [-0.15, -0.1) is 0 Å². The van der Waals surface area contributed by atoms with Crippen LogP contribution in [0.1, 0.15) is 24.6 Å². The Labute approximate surface area is 169 Å². The number of nitrogens with zero attached hydrogens (tertiary/aromatic N) is 6. The number of hydrogen-bond acceptors (Lipinski definition) is 5. The molecule has 148 valence electrons. The van der Waals surface area contributed by atoms with Crippen molar-refractivity contribution in [1.82, 2.24) is 24.5 Å². The number of aromatic nitrogens is 4. The predicted octanol–water partition coefficient (Wildman–Crippen LogP) is 2.85. The van der Waals surface area contributed by atoms with E-state index in [0.717, 1.165) is 40.3 Å². The summed E-state index contributed by atoms with van der Waals surface area (Å²) in [5, 5.41) is 21.3. The Morgan fingerprint density at radius 1 is 1.28 bits per heavy atom. The van der Waals surface area contributed by atoms with E-state index in [9.17, 15) is 4.79 Å². The van der Waals surface area contributed by atoms with E-state index in [0.29, 0.717) is 26.1 Å². The van der Waals surface area contributed by atoms with Crippen molar-refractivity contribution >= 4 is 17.4 Å². The van der Waals surface area contributed by atoms with Gasteiger partial charge < -0.3 is 10.2 Å². The summed E-state index contributed by atoms with van der Waals surface area (Å²) in [6.07, 6.45) is 4.97. The van der Waals surface area contributed by atoms with E-state index < -0.39 is 0 Å². The fourth-order valence-corrected chi connectivity index (χ4v) is 3.65. The number of aryl methyl sites for hydroxylation is 2. The van der Waals surface area contributed by atoms with Crippen LogP contribution < -0.4 is 5.32 Å². The molecule has 2 aromatic heterocycles. The maximum atomic E-state index is 11.9. The van der Waals surface area contributed by atoms with Gasteiger partial charge in [0.1, 0.15) is 0 Å². The highest BCUT2D eigenvalue weighted by Gasteiger charge is 2.26. The number of carbonyl (C=O) groups is 1. The molecule has 0 saturated heterocycles. The second kappa shape index (κ2) is 7.80. The van der Waals surface area contributed by atoms with Crippen LogP contribution in [0.5, 0.6) is 0 Å². The average Bonchev–Trinajstić information content (AvgIpc) is 3.30. The smallest absolute Gasteiger partial charge is 0.219 e. The van der Waals surface area contributed by atoms with Crippen molar-refractivity contribution in [2.24, 2.45) is 7.05 Å². The Morgan fingerprint density at radius 2 is 2.07 bits per heavy atom. The third-order valence-electron chi connectivity index (χ3n) is 5.20. The van der Waals surface area contributed by atoms with Crippen LogP contribution >= 0.6 is 0 Å². The lowest BCUT2D eigenvalue weighted by Crippen LogP contribution is -2.34. The SMILES string of the molecule is CC(=O)N1CCc2c(c(Nc3ccc(-c4cnn(C)c4)cc3)nn2CCC#N)C1. The zero-order chi connectivity index (χ0) is 20.4. The summed E-state index contributed by atoms with van der Waals surface area (Å²) in [5.74, 6) is 0.810. The van der Waals surface area contributed by atoms with E-state index in [-0.39, 0.29) is 5.91 Å². The van der Waals surface area contributed by atoms with Crippen molar-refractivity contribution in [2.75, 3.05) is 11.9 Å². The number of hydrogen-bond donors (Lipinski definition) is 1. The number of fused-ring (bicyclic) bond motifs is 1.